The molecule has 0 saturated heterocycles. The first-order chi connectivity index (χ1) is 18.2. The number of hydrogen-bond donors (Lipinski definition) is 1. The summed E-state index contributed by atoms with van der Waals surface area (Å²) in [6.45, 7) is 5.11. The van der Waals surface area contributed by atoms with E-state index in [1.54, 1.807) is 68.6 Å². The molecule has 1 fully saturated rings. The first kappa shape index (κ1) is 27.4. The van der Waals surface area contributed by atoms with E-state index in [0.717, 1.165) is 12.8 Å². The molecule has 2 aromatic rings. The van der Waals surface area contributed by atoms with Crippen LogP contribution in [0.25, 0.3) is 0 Å². The van der Waals surface area contributed by atoms with Gasteiger partial charge < -0.3 is 29.3 Å². The summed E-state index contributed by atoms with van der Waals surface area (Å²) in [7, 11) is 4.93. The monoisotopic (exact) mass is 523 g/mol. The Morgan fingerprint density at radius 2 is 1.74 bits per heavy atom. The maximum Gasteiger partial charge on any atom is 0.257 e. The second-order valence-corrected chi connectivity index (χ2v) is 10.3. The number of rotatable bonds is 5. The number of hydrogen-bond acceptors (Lipinski definition) is 6. The van der Waals surface area contributed by atoms with E-state index in [1.165, 1.54) is 0 Å². The molecule has 38 heavy (non-hydrogen) atoms. The number of anilines is 1. The van der Waals surface area contributed by atoms with E-state index >= 15 is 0 Å². The predicted molar refractivity (Wildman–Crippen MR) is 144 cm³/mol. The lowest BCUT2D eigenvalue weighted by Crippen LogP contribution is -2.49. The number of nitrogens with zero attached hydrogens (tertiary/aromatic N) is 2. The molecule has 3 atom stereocenters. The second kappa shape index (κ2) is 11.9. The summed E-state index contributed by atoms with van der Waals surface area (Å²) in [4.78, 5) is 42.9. The van der Waals surface area contributed by atoms with Gasteiger partial charge in [-0.05, 0) is 56.2 Å². The third-order valence-corrected chi connectivity index (χ3v) is 7.27. The Bertz CT molecular complexity index is 1160. The van der Waals surface area contributed by atoms with E-state index in [4.69, 9.17) is 14.2 Å². The summed E-state index contributed by atoms with van der Waals surface area (Å²) in [6.07, 6.45) is 1.60. The van der Waals surface area contributed by atoms with E-state index in [9.17, 15) is 14.4 Å². The molecular weight excluding hydrogens is 486 g/mol. The summed E-state index contributed by atoms with van der Waals surface area (Å²) >= 11 is 0. The summed E-state index contributed by atoms with van der Waals surface area (Å²) in [6, 6.07) is 11.6. The van der Waals surface area contributed by atoms with Crippen LogP contribution >= 0.6 is 0 Å². The van der Waals surface area contributed by atoms with Gasteiger partial charge in [-0.1, -0.05) is 6.92 Å². The van der Waals surface area contributed by atoms with Crippen molar-refractivity contribution in [2.45, 2.75) is 38.8 Å². The van der Waals surface area contributed by atoms with E-state index in [-0.39, 0.29) is 48.3 Å². The van der Waals surface area contributed by atoms with Crippen molar-refractivity contribution in [1.29, 1.82) is 0 Å². The summed E-state index contributed by atoms with van der Waals surface area (Å²) < 4.78 is 17.1. The minimum Gasteiger partial charge on any atom is -0.497 e. The van der Waals surface area contributed by atoms with Gasteiger partial charge in [-0.2, -0.15) is 0 Å². The molecule has 9 heteroatoms. The number of carbonyl (C=O) groups excluding carboxylic acids is 3. The zero-order valence-corrected chi connectivity index (χ0v) is 22.7. The van der Waals surface area contributed by atoms with Crippen LogP contribution in [0.15, 0.2) is 42.5 Å². The molecule has 1 aliphatic carbocycles. The SMILES string of the molecule is COc1ccc(C(=O)Nc2ccc3c(c2)OC[C@@H](C)N(C(=O)C2CC2)C[C@@H](C)[C@H](OC)CN(C)C3=O)cc1. The lowest BCUT2D eigenvalue weighted by atomic mass is 10.0. The fourth-order valence-corrected chi connectivity index (χ4v) is 4.67. The summed E-state index contributed by atoms with van der Waals surface area (Å²) in [5.41, 5.74) is 1.34. The maximum absolute atomic E-state index is 13.4. The Morgan fingerprint density at radius 3 is 2.37 bits per heavy atom. The lowest BCUT2D eigenvalue weighted by Gasteiger charge is -2.36. The van der Waals surface area contributed by atoms with Crippen molar-refractivity contribution in [2.24, 2.45) is 11.8 Å². The molecule has 1 N–H and O–H groups in total. The number of amides is 3. The van der Waals surface area contributed by atoms with Gasteiger partial charge in [-0.15, -0.1) is 0 Å². The Balaban J connectivity index is 1.61. The van der Waals surface area contributed by atoms with E-state index < -0.39 is 0 Å². The fourth-order valence-electron chi connectivity index (χ4n) is 4.67. The maximum atomic E-state index is 13.4. The van der Waals surface area contributed by atoms with Gasteiger partial charge in [0.25, 0.3) is 11.8 Å². The molecular formula is C29H37N3O6. The molecule has 4 rings (SSSR count). The molecule has 0 unspecified atom stereocenters. The van der Waals surface area contributed by atoms with Gasteiger partial charge in [0.15, 0.2) is 0 Å². The molecule has 1 heterocycles. The molecule has 2 aliphatic rings. The van der Waals surface area contributed by atoms with Gasteiger partial charge >= 0.3 is 0 Å². The minimum absolute atomic E-state index is 0.0230. The molecule has 204 valence electrons. The highest BCUT2D eigenvalue weighted by Gasteiger charge is 2.37. The average Bonchev–Trinajstić information content (AvgIpc) is 3.77. The molecule has 3 amide bonds. The highest BCUT2D eigenvalue weighted by molar-refractivity contribution is 6.05. The quantitative estimate of drug-likeness (QED) is 0.642. The van der Waals surface area contributed by atoms with Gasteiger partial charge in [0.1, 0.15) is 18.1 Å². The number of benzene rings is 2. The predicted octanol–water partition coefficient (Wildman–Crippen LogP) is 3.69. The Hall–Kier alpha value is -3.59. The number of ether oxygens (including phenoxy) is 3. The van der Waals surface area contributed by atoms with Crippen molar-refractivity contribution in [1.82, 2.24) is 9.80 Å². The standard InChI is InChI=1S/C29H37N3O6/c1-18-15-32(28(34)21-6-7-21)19(2)17-38-25-14-22(30-27(33)20-8-11-23(36-4)12-9-20)10-13-24(25)29(35)31(3)16-26(18)37-5/h8-14,18-19,21,26H,6-7,15-17H2,1-5H3,(H,30,33)/t18-,19-,26-/m1/s1. The van der Waals surface area contributed by atoms with Crippen molar-refractivity contribution < 1.29 is 28.6 Å². The van der Waals surface area contributed by atoms with Crippen LogP contribution in [0.3, 0.4) is 0 Å². The first-order valence-electron chi connectivity index (χ1n) is 13.0. The van der Waals surface area contributed by atoms with Gasteiger partial charge in [0.2, 0.25) is 5.91 Å². The lowest BCUT2D eigenvalue weighted by molar-refractivity contribution is -0.136. The Kier molecular flexibility index (Phi) is 8.56. The third kappa shape index (κ3) is 6.27. The van der Waals surface area contributed by atoms with Gasteiger partial charge in [-0.3, -0.25) is 14.4 Å². The zero-order valence-electron chi connectivity index (χ0n) is 22.7. The first-order valence-corrected chi connectivity index (χ1v) is 13.0. The molecule has 1 saturated carbocycles. The molecule has 0 spiro atoms. The Labute approximate surface area is 224 Å². The summed E-state index contributed by atoms with van der Waals surface area (Å²) in [5, 5.41) is 2.87. The molecule has 0 bridgehead atoms. The van der Waals surface area contributed by atoms with Crippen LogP contribution in [0.2, 0.25) is 0 Å². The highest BCUT2D eigenvalue weighted by atomic mass is 16.5. The topological polar surface area (TPSA) is 97.4 Å². The third-order valence-electron chi connectivity index (χ3n) is 7.27. The average molecular weight is 524 g/mol. The summed E-state index contributed by atoms with van der Waals surface area (Å²) in [5.74, 6) is 0.750. The number of likely N-dealkylation sites (N-methyl/N-ethyl adjacent to an activating group) is 1. The van der Waals surface area contributed by atoms with Gasteiger partial charge in [-0.25, -0.2) is 0 Å². The number of nitrogens with one attached hydrogen (secondary N) is 1. The smallest absolute Gasteiger partial charge is 0.257 e. The van der Waals surface area contributed by atoms with Crippen LogP contribution < -0.4 is 14.8 Å². The number of methoxy groups -OCH3 is 2. The number of fused-ring (bicyclic) bond motifs is 1. The zero-order chi connectivity index (χ0) is 27.4. The molecule has 0 radical (unpaired) electrons. The minimum atomic E-state index is -0.296. The van der Waals surface area contributed by atoms with Crippen LogP contribution in [0, 0.1) is 11.8 Å². The molecule has 0 aromatic heterocycles. The van der Waals surface area contributed by atoms with Crippen LogP contribution in [0.1, 0.15) is 47.4 Å². The van der Waals surface area contributed by atoms with Crippen molar-refractivity contribution in [3.05, 3.63) is 53.6 Å². The van der Waals surface area contributed by atoms with Crippen molar-refractivity contribution in [3.63, 3.8) is 0 Å². The highest BCUT2D eigenvalue weighted by Crippen LogP contribution is 2.33. The van der Waals surface area contributed by atoms with Crippen molar-refractivity contribution >= 4 is 23.4 Å². The van der Waals surface area contributed by atoms with Crippen molar-refractivity contribution in [3.8, 4) is 11.5 Å². The molecule has 1 aliphatic heterocycles. The van der Waals surface area contributed by atoms with E-state index in [2.05, 4.69) is 5.32 Å². The van der Waals surface area contributed by atoms with Gasteiger partial charge in [0, 0.05) is 56.4 Å². The van der Waals surface area contributed by atoms with Crippen LogP contribution in [-0.4, -0.2) is 80.6 Å². The van der Waals surface area contributed by atoms with Crippen LogP contribution in [-0.2, 0) is 9.53 Å². The molecule has 2 aromatic carbocycles. The Morgan fingerprint density at radius 1 is 1.03 bits per heavy atom. The molecule has 9 nitrogen and oxygen atoms in total. The second-order valence-electron chi connectivity index (χ2n) is 10.3. The van der Waals surface area contributed by atoms with E-state index in [1.807, 2.05) is 18.7 Å². The number of carbonyl (C=O) groups is 3. The van der Waals surface area contributed by atoms with Crippen LogP contribution in [0.5, 0.6) is 11.5 Å². The van der Waals surface area contributed by atoms with Crippen molar-refractivity contribution in [2.75, 3.05) is 46.3 Å². The van der Waals surface area contributed by atoms with Crippen LogP contribution in [0.4, 0.5) is 5.69 Å². The largest absolute Gasteiger partial charge is 0.497 e. The van der Waals surface area contributed by atoms with E-state index in [0.29, 0.717) is 41.4 Å². The van der Waals surface area contributed by atoms with Gasteiger partial charge in [0.05, 0.1) is 24.8 Å². The normalized spacial score (nSPS) is 22.4. The fraction of sp³-hybridized carbons (Fsp3) is 0.483.